The lowest BCUT2D eigenvalue weighted by atomic mass is 9.40. The second-order valence-corrected chi connectivity index (χ2v) is 21.4. The van der Waals surface area contributed by atoms with Crippen molar-refractivity contribution >= 4 is 34.9 Å². The standard InChI is InChI=1S/C48H64O7P/c1-45-24-20-42-46(2)22-13-23-47(3,41(46)21-25-48(42,37-45)36-43(45)49)44(50)55-33-32-53-29-28-51-26-27-52-30-31-54-34-35-56(38-14-7-4-8-15-38,39-16-9-5-10-17-39)40-18-11-6-12-19-40/h4-12,14-19,41-42H,13,20-37H2,1-3H3/q+1/t41-,42-,45-,46+,47+,48-/m0/s1. The van der Waals surface area contributed by atoms with Gasteiger partial charge in [0, 0.05) is 11.8 Å². The molecule has 3 aromatic carbocycles. The van der Waals surface area contributed by atoms with E-state index in [0.29, 0.717) is 70.5 Å². The number of ketones is 1. The molecule has 4 fully saturated rings. The molecule has 6 atom stereocenters. The molecule has 3 aromatic rings. The van der Waals surface area contributed by atoms with Gasteiger partial charge in [-0.1, -0.05) is 74.9 Å². The van der Waals surface area contributed by atoms with Gasteiger partial charge >= 0.3 is 5.97 Å². The van der Waals surface area contributed by atoms with Gasteiger partial charge in [0.15, 0.2) is 0 Å². The van der Waals surface area contributed by atoms with Crippen LogP contribution < -0.4 is 15.9 Å². The summed E-state index contributed by atoms with van der Waals surface area (Å²) in [5.41, 5.74) is -0.359. The van der Waals surface area contributed by atoms with Gasteiger partial charge in [-0.05, 0) is 111 Å². The Morgan fingerprint density at radius 2 is 1.09 bits per heavy atom. The molecule has 4 aliphatic rings. The van der Waals surface area contributed by atoms with E-state index in [0.717, 1.165) is 63.9 Å². The number of esters is 1. The summed E-state index contributed by atoms with van der Waals surface area (Å²) in [5.74, 6) is 1.24. The van der Waals surface area contributed by atoms with Crippen LogP contribution in [0.2, 0.25) is 0 Å². The molecule has 56 heavy (non-hydrogen) atoms. The number of hydrogen-bond acceptors (Lipinski definition) is 7. The third-order valence-electron chi connectivity index (χ3n) is 14.6. The highest BCUT2D eigenvalue weighted by molar-refractivity contribution is 7.95. The van der Waals surface area contributed by atoms with Crippen molar-refractivity contribution in [3.05, 3.63) is 91.0 Å². The average Bonchev–Trinajstić information content (AvgIpc) is 3.40. The summed E-state index contributed by atoms with van der Waals surface area (Å²) in [6.45, 7) is 11.0. The van der Waals surface area contributed by atoms with E-state index in [-0.39, 0.29) is 28.8 Å². The number of Topliss-reactive ketones (excluding diaryl/α,β-unsaturated/α-hetero) is 1. The van der Waals surface area contributed by atoms with E-state index in [9.17, 15) is 9.59 Å². The Morgan fingerprint density at radius 1 is 0.607 bits per heavy atom. The van der Waals surface area contributed by atoms with Crippen LogP contribution in [0.3, 0.4) is 0 Å². The monoisotopic (exact) mass is 783 g/mol. The van der Waals surface area contributed by atoms with Crippen molar-refractivity contribution < 1.29 is 33.3 Å². The Morgan fingerprint density at radius 3 is 1.62 bits per heavy atom. The Balaban J connectivity index is 0.765. The zero-order valence-corrected chi connectivity index (χ0v) is 34.9. The predicted octanol–water partition coefficient (Wildman–Crippen LogP) is 7.96. The maximum Gasteiger partial charge on any atom is 0.312 e. The van der Waals surface area contributed by atoms with Gasteiger partial charge in [0.2, 0.25) is 0 Å². The molecule has 7 rings (SSSR count). The van der Waals surface area contributed by atoms with Gasteiger partial charge in [0.25, 0.3) is 0 Å². The molecule has 0 aromatic heterocycles. The van der Waals surface area contributed by atoms with Crippen LogP contribution in [0.4, 0.5) is 0 Å². The minimum absolute atomic E-state index is 0.0712. The Hall–Kier alpha value is -2.93. The minimum atomic E-state index is -1.90. The lowest BCUT2D eigenvalue weighted by Gasteiger charge is -2.63. The summed E-state index contributed by atoms with van der Waals surface area (Å²) >= 11 is 0. The molecule has 0 unspecified atom stereocenters. The number of rotatable bonds is 19. The SMILES string of the molecule is C[C@@]12CC[C@@H]3[C@@](CC[C@H]4[C@@]3(C)CCC[C@@]4(C)C(=O)OCCOCCOCCOCCOCC[P+](c3ccccc3)(c3ccccc3)c3ccccc3)(CC1=O)C2. The Kier molecular flexibility index (Phi) is 13.2. The van der Waals surface area contributed by atoms with E-state index in [4.69, 9.17) is 23.7 Å². The number of benzene rings is 3. The molecule has 302 valence electrons. The average molecular weight is 784 g/mol. The largest absolute Gasteiger partial charge is 0.463 e. The van der Waals surface area contributed by atoms with Crippen molar-refractivity contribution in [2.75, 3.05) is 65.6 Å². The molecule has 0 saturated heterocycles. The summed E-state index contributed by atoms with van der Waals surface area (Å²) in [7, 11) is -1.90. The van der Waals surface area contributed by atoms with Gasteiger partial charge in [-0.2, -0.15) is 0 Å². The number of hydrogen-bond donors (Lipinski definition) is 0. The van der Waals surface area contributed by atoms with Crippen LogP contribution in [0.25, 0.3) is 0 Å². The van der Waals surface area contributed by atoms with E-state index in [1.54, 1.807) is 0 Å². The maximum atomic E-state index is 13.7. The summed E-state index contributed by atoms with van der Waals surface area (Å²) in [4.78, 5) is 26.8. The third kappa shape index (κ3) is 8.18. The molecule has 2 bridgehead atoms. The van der Waals surface area contributed by atoms with Gasteiger partial charge in [0.1, 0.15) is 35.6 Å². The summed E-state index contributed by atoms with van der Waals surface area (Å²) in [5, 5.41) is 4.08. The number of carbonyl (C=O) groups is 2. The molecular weight excluding hydrogens is 719 g/mol. The van der Waals surface area contributed by atoms with Gasteiger partial charge in [-0.15, -0.1) is 0 Å². The molecule has 1 spiro atoms. The van der Waals surface area contributed by atoms with E-state index in [2.05, 4.69) is 112 Å². The molecule has 4 aliphatic carbocycles. The fraction of sp³-hybridized carbons (Fsp3) is 0.583. The molecule has 8 heteroatoms. The van der Waals surface area contributed by atoms with Crippen LogP contribution in [0, 0.1) is 33.5 Å². The first-order valence-corrected chi connectivity index (χ1v) is 23.2. The first-order chi connectivity index (χ1) is 27.2. The number of fused-ring (bicyclic) bond motifs is 3. The van der Waals surface area contributed by atoms with Crippen molar-refractivity contribution in [3.63, 3.8) is 0 Å². The summed E-state index contributed by atoms with van der Waals surface area (Å²) in [6.07, 6.45) is 10.0. The van der Waals surface area contributed by atoms with E-state index < -0.39 is 12.7 Å². The van der Waals surface area contributed by atoms with Crippen molar-refractivity contribution in [1.29, 1.82) is 0 Å². The fourth-order valence-corrected chi connectivity index (χ4v) is 16.1. The lowest BCUT2D eigenvalue weighted by Crippen LogP contribution is -2.58. The highest BCUT2D eigenvalue weighted by atomic mass is 31.2. The lowest BCUT2D eigenvalue weighted by molar-refractivity contribution is -0.188. The molecule has 0 amide bonds. The van der Waals surface area contributed by atoms with Crippen LogP contribution in [-0.2, 0) is 33.3 Å². The molecule has 0 aliphatic heterocycles. The van der Waals surface area contributed by atoms with Crippen LogP contribution in [0.15, 0.2) is 91.0 Å². The topological polar surface area (TPSA) is 80.3 Å². The van der Waals surface area contributed by atoms with Crippen molar-refractivity contribution in [3.8, 4) is 0 Å². The van der Waals surface area contributed by atoms with E-state index >= 15 is 0 Å². The Labute approximate surface area is 335 Å². The number of carbonyl (C=O) groups excluding carboxylic acids is 2. The zero-order valence-electron chi connectivity index (χ0n) is 34.1. The first-order valence-electron chi connectivity index (χ1n) is 21.2. The van der Waals surface area contributed by atoms with Gasteiger partial charge in [0.05, 0.1) is 64.4 Å². The Bertz CT molecular complexity index is 1640. The van der Waals surface area contributed by atoms with Gasteiger partial charge < -0.3 is 23.7 Å². The second-order valence-electron chi connectivity index (χ2n) is 17.8. The normalized spacial score (nSPS) is 29.7. The van der Waals surface area contributed by atoms with Crippen molar-refractivity contribution in [1.82, 2.24) is 0 Å². The number of ether oxygens (including phenoxy) is 5. The fourth-order valence-electron chi connectivity index (χ4n) is 12.0. The molecular formula is C48H64O7P+. The quantitative estimate of drug-likeness (QED) is 0.0694. The van der Waals surface area contributed by atoms with Gasteiger partial charge in [-0.25, -0.2) is 0 Å². The molecule has 0 N–H and O–H groups in total. The molecule has 4 saturated carbocycles. The minimum Gasteiger partial charge on any atom is -0.463 e. The second kappa shape index (κ2) is 17.9. The van der Waals surface area contributed by atoms with Gasteiger partial charge in [-0.3, -0.25) is 9.59 Å². The van der Waals surface area contributed by atoms with Crippen LogP contribution in [0.1, 0.15) is 78.6 Å². The van der Waals surface area contributed by atoms with Crippen LogP contribution in [-0.4, -0.2) is 77.4 Å². The van der Waals surface area contributed by atoms with Crippen molar-refractivity contribution in [2.45, 2.75) is 78.6 Å². The summed E-state index contributed by atoms with van der Waals surface area (Å²) < 4.78 is 29.3. The predicted molar refractivity (Wildman–Crippen MR) is 225 cm³/mol. The van der Waals surface area contributed by atoms with Crippen LogP contribution in [0.5, 0.6) is 0 Å². The van der Waals surface area contributed by atoms with Crippen molar-refractivity contribution in [2.24, 2.45) is 33.5 Å². The highest BCUT2D eigenvalue weighted by Gasteiger charge is 2.68. The van der Waals surface area contributed by atoms with E-state index in [1.165, 1.54) is 15.9 Å². The zero-order chi connectivity index (χ0) is 39.1. The highest BCUT2D eigenvalue weighted by Crippen LogP contribution is 2.73. The molecule has 0 radical (unpaired) electrons. The summed E-state index contributed by atoms with van der Waals surface area (Å²) in [6, 6.07) is 32.6. The molecule has 7 nitrogen and oxygen atoms in total. The molecule has 0 heterocycles. The smallest absolute Gasteiger partial charge is 0.312 e. The van der Waals surface area contributed by atoms with Crippen LogP contribution >= 0.6 is 7.26 Å². The maximum absolute atomic E-state index is 13.7. The first kappa shape index (κ1) is 41.2. The third-order valence-corrected chi connectivity index (χ3v) is 19.0. The van der Waals surface area contributed by atoms with E-state index in [1.807, 2.05) is 0 Å².